The summed E-state index contributed by atoms with van der Waals surface area (Å²) in [5.74, 6) is 2.28. The first kappa shape index (κ1) is 15.9. The highest BCUT2D eigenvalue weighted by Crippen LogP contribution is 2.36. The van der Waals surface area contributed by atoms with E-state index in [0.29, 0.717) is 12.7 Å². The van der Waals surface area contributed by atoms with Crippen LogP contribution < -0.4 is 9.47 Å². The van der Waals surface area contributed by atoms with E-state index in [0.717, 1.165) is 60.6 Å². The summed E-state index contributed by atoms with van der Waals surface area (Å²) in [6, 6.07) is 6.01. The second kappa shape index (κ2) is 7.09. The van der Waals surface area contributed by atoms with Crippen molar-refractivity contribution >= 4 is 11.3 Å². The van der Waals surface area contributed by atoms with Crippen molar-refractivity contribution in [3.05, 3.63) is 29.3 Å². The number of hydrogen-bond acceptors (Lipinski definition) is 6. The van der Waals surface area contributed by atoms with Gasteiger partial charge in [0.25, 0.3) is 0 Å². The van der Waals surface area contributed by atoms with Crippen LogP contribution in [0.15, 0.2) is 23.6 Å². The molecule has 1 atom stereocenters. The Hall–Kier alpha value is -1.63. The van der Waals surface area contributed by atoms with E-state index in [-0.39, 0.29) is 0 Å². The smallest absolute Gasteiger partial charge is 0.231 e. The van der Waals surface area contributed by atoms with Crippen LogP contribution in [0.3, 0.4) is 0 Å². The van der Waals surface area contributed by atoms with E-state index in [1.165, 1.54) is 6.42 Å². The van der Waals surface area contributed by atoms with Crippen molar-refractivity contribution in [3.63, 3.8) is 0 Å². The molecule has 1 aromatic heterocycles. The van der Waals surface area contributed by atoms with Crippen LogP contribution in [0.1, 0.15) is 19.0 Å². The summed E-state index contributed by atoms with van der Waals surface area (Å²) in [6.45, 7) is 7.34. The van der Waals surface area contributed by atoms with Gasteiger partial charge in [0.2, 0.25) is 6.79 Å². The Labute approximate surface area is 146 Å². The van der Waals surface area contributed by atoms with Crippen LogP contribution in [0.25, 0.3) is 10.6 Å². The summed E-state index contributed by atoms with van der Waals surface area (Å²) >= 11 is 1.68. The molecule has 1 aromatic carbocycles. The van der Waals surface area contributed by atoms with Crippen LogP contribution in [-0.2, 0) is 11.3 Å². The monoisotopic (exact) mass is 346 g/mol. The largest absolute Gasteiger partial charge is 0.454 e. The van der Waals surface area contributed by atoms with Gasteiger partial charge in [-0.05, 0) is 37.1 Å². The van der Waals surface area contributed by atoms with Gasteiger partial charge >= 0.3 is 0 Å². The zero-order chi connectivity index (χ0) is 16.4. The SMILES string of the molecule is CCN(Cc1csc(-c2ccc3c(c2)OCO3)n1)C[C@@H]1CCOC1. The average Bonchev–Trinajstić information content (AvgIpc) is 3.35. The second-order valence-corrected chi connectivity index (χ2v) is 7.13. The summed E-state index contributed by atoms with van der Waals surface area (Å²) in [4.78, 5) is 7.27. The Kier molecular flexibility index (Phi) is 4.69. The molecule has 0 amide bonds. The van der Waals surface area contributed by atoms with Gasteiger partial charge in [-0.15, -0.1) is 11.3 Å². The number of rotatable bonds is 6. The Morgan fingerprint density at radius 2 is 2.21 bits per heavy atom. The molecule has 0 aliphatic carbocycles. The van der Waals surface area contributed by atoms with E-state index in [2.05, 4.69) is 17.2 Å². The maximum Gasteiger partial charge on any atom is 0.231 e. The third-order valence-electron chi connectivity index (χ3n) is 4.54. The van der Waals surface area contributed by atoms with E-state index < -0.39 is 0 Å². The van der Waals surface area contributed by atoms with Gasteiger partial charge in [-0.3, -0.25) is 4.90 Å². The van der Waals surface area contributed by atoms with Gasteiger partial charge in [-0.1, -0.05) is 6.92 Å². The quantitative estimate of drug-likeness (QED) is 0.802. The zero-order valence-electron chi connectivity index (χ0n) is 13.9. The molecule has 2 aromatic rings. The predicted octanol–water partition coefficient (Wildman–Crippen LogP) is 3.40. The van der Waals surface area contributed by atoms with Crippen LogP contribution >= 0.6 is 11.3 Å². The molecule has 0 radical (unpaired) electrons. The number of ether oxygens (including phenoxy) is 3. The van der Waals surface area contributed by atoms with Gasteiger partial charge in [-0.25, -0.2) is 4.98 Å². The fraction of sp³-hybridized carbons (Fsp3) is 0.500. The minimum Gasteiger partial charge on any atom is -0.454 e. The van der Waals surface area contributed by atoms with Crippen molar-refractivity contribution < 1.29 is 14.2 Å². The summed E-state index contributed by atoms with van der Waals surface area (Å²) < 4.78 is 16.3. The fourth-order valence-corrected chi connectivity index (χ4v) is 3.98. The summed E-state index contributed by atoms with van der Waals surface area (Å²) in [7, 11) is 0. The lowest BCUT2D eigenvalue weighted by molar-refractivity contribution is 0.166. The van der Waals surface area contributed by atoms with E-state index in [1.807, 2.05) is 18.2 Å². The maximum atomic E-state index is 5.49. The van der Waals surface area contributed by atoms with Crippen molar-refractivity contribution in [2.45, 2.75) is 19.9 Å². The molecule has 24 heavy (non-hydrogen) atoms. The van der Waals surface area contributed by atoms with Crippen LogP contribution in [0, 0.1) is 5.92 Å². The summed E-state index contributed by atoms with van der Waals surface area (Å²) in [6.07, 6.45) is 1.18. The predicted molar refractivity (Wildman–Crippen MR) is 93.6 cm³/mol. The first-order valence-corrected chi connectivity index (χ1v) is 9.34. The second-order valence-electron chi connectivity index (χ2n) is 6.27. The average molecular weight is 346 g/mol. The molecule has 2 aliphatic heterocycles. The number of aromatic nitrogens is 1. The van der Waals surface area contributed by atoms with Crippen LogP contribution in [0.4, 0.5) is 0 Å². The molecule has 0 saturated carbocycles. The summed E-state index contributed by atoms with van der Waals surface area (Å²) in [5, 5.41) is 3.19. The number of nitrogens with zero attached hydrogens (tertiary/aromatic N) is 2. The zero-order valence-corrected chi connectivity index (χ0v) is 14.7. The standard InChI is InChI=1S/C18H22N2O3S/c1-2-20(8-13-5-6-21-10-13)9-15-11-24-18(19-15)14-3-4-16-17(7-14)23-12-22-16/h3-4,7,11,13H,2,5-6,8-10,12H2,1H3/t13-/m0/s1. The maximum absolute atomic E-state index is 5.49. The minimum atomic E-state index is 0.304. The third kappa shape index (κ3) is 3.41. The molecular weight excluding hydrogens is 324 g/mol. The molecule has 1 fully saturated rings. The van der Waals surface area contributed by atoms with E-state index in [9.17, 15) is 0 Å². The molecule has 5 nitrogen and oxygen atoms in total. The number of benzene rings is 1. The molecule has 0 spiro atoms. The lowest BCUT2D eigenvalue weighted by Gasteiger charge is -2.22. The van der Waals surface area contributed by atoms with Gasteiger partial charge in [-0.2, -0.15) is 0 Å². The Morgan fingerprint density at radius 3 is 3.04 bits per heavy atom. The number of thiazole rings is 1. The summed E-state index contributed by atoms with van der Waals surface area (Å²) in [5.41, 5.74) is 2.22. The first-order chi connectivity index (χ1) is 11.8. The van der Waals surface area contributed by atoms with E-state index >= 15 is 0 Å². The minimum absolute atomic E-state index is 0.304. The lowest BCUT2D eigenvalue weighted by Crippen LogP contribution is -2.29. The van der Waals surface area contributed by atoms with Crippen LogP contribution in [0.2, 0.25) is 0 Å². The van der Waals surface area contributed by atoms with Crippen LogP contribution in [-0.4, -0.2) is 43.0 Å². The van der Waals surface area contributed by atoms with Crippen molar-refractivity contribution in [1.82, 2.24) is 9.88 Å². The molecule has 0 bridgehead atoms. The Morgan fingerprint density at radius 1 is 1.29 bits per heavy atom. The normalized spacial score (nSPS) is 19.3. The number of fused-ring (bicyclic) bond motifs is 1. The molecular formula is C18H22N2O3S. The van der Waals surface area contributed by atoms with Gasteiger partial charge < -0.3 is 14.2 Å². The molecule has 6 heteroatoms. The fourth-order valence-electron chi connectivity index (χ4n) is 3.17. The molecule has 2 aliphatic rings. The first-order valence-electron chi connectivity index (χ1n) is 8.46. The molecule has 4 rings (SSSR count). The Bertz CT molecular complexity index is 697. The number of hydrogen-bond donors (Lipinski definition) is 0. The van der Waals surface area contributed by atoms with Crippen molar-refractivity contribution in [1.29, 1.82) is 0 Å². The Balaban J connectivity index is 1.44. The van der Waals surface area contributed by atoms with Crippen molar-refractivity contribution in [3.8, 4) is 22.1 Å². The topological polar surface area (TPSA) is 43.8 Å². The van der Waals surface area contributed by atoms with Crippen molar-refractivity contribution in [2.75, 3.05) is 33.1 Å². The van der Waals surface area contributed by atoms with Gasteiger partial charge in [0.05, 0.1) is 12.3 Å². The molecule has 128 valence electrons. The van der Waals surface area contributed by atoms with Crippen LogP contribution in [0.5, 0.6) is 11.5 Å². The molecule has 3 heterocycles. The lowest BCUT2D eigenvalue weighted by atomic mass is 10.1. The molecule has 0 unspecified atom stereocenters. The van der Waals surface area contributed by atoms with Gasteiger partial charge in [0.15, 0.2) is 11.5 Å². The highest BCUT2D eigenvalue weighted by Gasteiger charge is 2.20. The highest BCUT2D eigenvalue weighted by atomic mass is 32.1. The van der Waals surface area contributed by atoms with Gasteiger partial charge in [0.1, 0.15) is 5.01 Å². The highest BCUT2D eigenvalue weighted by molar-refractivity contribution is 7.13. The third-order valence-corrected chi connectivity index (χ3v) is 5.48. The molecule has 0 N–H and O–H groups in total. The van der Waals surface area contributed by atoms with Gasteiger partial charge in [0, 0.05) is 30.6 Å². The van der Waals surface area contributed by atoms with Crippen molar-refractivity contribution in [2.24, 2.45) is 5.92 Å². The molecule has 1 saturated heterocycles. The van der Waals surface area contributed by atoms with E-state index in [4.69, 9.17) is 19.2 Å². The van der Waals surface area contributed by atoms with E-state index in [1.54, 1.807) is 11.3 Å².